The van der Waals surface area contributed by atoms with Crippen molar-refractivity contribution in [1.29, 1.82) is 0 Å². The van der Waals surface area contributed by atoms with Crippen LogP contribution in [-0.2, 0) is 5.54 Å². The van der Waals surface area contributed by atoms with E-state index < -0.39 is 5.91 Å². The average molecular weight is 382 g/mol. The van der Waals surface area contributed by atoms with Gasteiger partial charge in [0.1, 0.15) is 0 Å². The smallest absolute Gasteiger partial charge is 0.268 e. The number of hydrazine groups is 1. The third kappa shape index (κ3) is 4.21. The van der Waals surface area contributed by atoms with Crippen LogP contribution in [0.15, 0.2) is 30.6 Å². The van der Waals surface area contributed by atoms with E-state index in [-0.39, 0.29) is 5.54 Å². The van der Waals surface area contributed by atoms with Crippen molar-refractivity contribution in [1.82, 2.24) is 15.4 Å². The Hall–Kier alpha value is -1.89. The van der Waals surface area contributed by atoms with E-state index in [9.17, 15) is 4.79 Å². The van der Waals surface area contributed by atoms with Gasteiger partial charge in [-0.05, 0) is 37.0 Å². The molecule has 0 radical (unpaired) electrons. The Bertz CT molecular complexity index is 732. The van der Waals surface area contributed by atoms with Gasteiger partial charge in [-0.15, -0.1) is 0 Å². The van der Waals surface area contributed by atoms with Crippen molar-refractivity contribution in [3.63, 3.8) is 0 Å². The van der Waals surface area contributed by atoms with Crippen LogP contribution in [0, 0.1) is 0 Å². The maximum Gasteiger partial charge on any atom is 0.268 e. The van der Waals surface area contributed by atoms with E-state index >= 15 is 0 Å². The van der Waals surface area contributed by atoms with Crippen molar-refractivity contribution in [2.24, 2.45) is 5.84 Å². The van der Waals surface area contributed by atoms with Gasteiger partial charge < -0.3 is 5.32 Å². The summed E-state index contributed by atoms with van der Waals surface area (Å²) in [4.78, 5) is 19.8. The van der Waals surface area contributed by atoms with Gasteiger partial charge in [-0.3, -0.25) is 10.2 Å². The van der Waals surface area contributed by atoms with Crippen molar-refractivity contribution in [3.05, 3.63) is 51.8 Å². The first-order valence-corrected chi connectivity index (χ1v) is 8.86. The van der Waals surface area contributed by atoms with Crippen LogP contribution in [0.2, 0.25) is 10.0 Å². The highest BCUT2D eigenvalue weighted by atomic mass is 35.5. The predicted molar refractivity (Wildman–Crippen MR) is 101 cm³/mol. The molecule has 1 saturated carbocycles. The predicted octanol–water partition coefficient (Wildman–Crippen LogP) is 3.90. The lowest BCUT2D eigenvalue weighted by atomic mass is 9.72. The van der Waals surface area contributed by atoms with Gasteiger partial charge in [-0.1, -0.05) is 43.1 Å². The summed E-state index contributed by atoms with van der Waals surface area (Å²) < 4.78 is 0. The first-order chi connectivity index (χ1) is 12.0. The second kappa shape index (κ2) is 8.47. The van der Waals surface area contributed by atoms with Gasteiger partial charge in [0.2, 0.25) is 5.95 Å². The molecule has 0 bridgehead atoms. The monoisotopic (exact) mass is 381 g/mol. The Morgan fingerprint density at radius 1 is 1.16 bits per heavy atom. The molecule has 1 heterocycles. The van der Waals surface area contributed by atoms with E-state index in [2.05, 4.69) is 15.3 Å². The average Bonchev–Trinajstić information content (AvgIpc) is 2.62. The van der Waals surface area contributed by atoms with Crippen LogP contribution in [0.25, 0.3) is 0 Å². The molecular weight excluding hydrogens is 361 g/mol. The van der Waals surface area contributed by atoms with Gasteiger partial charge in [-0.2, -0.15) is 0 Å². The minimum absolute atomic E-state index is 0.258. The third-order valence-electron chi connectivity index (χ3n) is 4.08. The van der Waals surface area contributed by atoms with E-state index in [4.69, 9.17) is 29.0 Å². The summed E-state index contributed by atoms with van der Waals surface area (Å²) in [6, 6.07) is 5.61. The molecule has 1 fully saturated rings. The van der Waals surface area contributed by atoms with Gasteiger partial charge in [0.15, 0.2) is 0 Å². The van der Waals surface area contributed by atoms with Crippen LogP contribution in [0.1, 0.15) is 49.0 Å². The number of aromatic nitrogens is 2. The molecule has 8 heteroatoms. The van der Waals surface area contributed by atoms with Crippen LogP contribution in [-0.4, -0.2) is 15.9 Å². The number of carbonyl (C=O) groups excluding carboxylic acids is 1. The summed E-state index contributed by atoms with van der Waals surface area (Å²) in [7, 11) is 0. The van der Waals surface area contributed by atoms with Crippen LogP contribution in [0.4, 0.5) is 5.95 Å². The molecule has 0 spiro atoms. The molecule has 1 aliphatic rings. The van der Waals surface area contributed by atoms with Crippen molar-refractivity contribution in [2.45, 2.75) is 38.6 Å². The number of benzene rings is 1. The van der Waals surface area contributed by atoms with Gasteiger partial charge in [0.25, 0.3) is 5.91 Å². The normalized spacial score (nSPS) is 14.6. The zero-order valence-corrected chi connectivity index (χ0v) is 15.7. The number of hydrogen-bond donors (Lipinski definition) is 3. The summed E-state index contributed by atoms with van der Waals surface area (Å²) in [6.45, 7) is 4.00. The fourth-order valence-corrected chi connectivity index (χ4v) is 2.92. The summed E-state index contributed by atoms with van der Waals surface area (Å²) in [5, 5.41) is 4.40. The van der Waals surface area contributed by atoms with Gasteiger partial charge >= 0.3 is 0 Å². The number of nitrogens with zero attached hydrogens (tertiary/aromatic N) is 2. The molecule has 0 saturated heterocycles. The number of halogens is 2. The van der Waals surface area contributed by atoms with Crippen molar-refractivity contribution in [3.8, 4) is 0 Å². The number of nitrogens with one attached hydrogen (secondary N) is 2. The number of amides is 1. The Balaban J connectivity index is 0.00000109. The lowest BCUT2D eigenvalue weighted by molar-refractivity contribution is 0.0953. The Labute approximate surface area is 157 Å². The summed E-state index contributed by atoms with van der Waals surface area (Å²) in [5.74, 6) is 5.10. The molecule has 1 aromatic carbocycles. The second-order valence-corrected chi connectivity index (χ2v) is 6.27. The highest BCUT2D eigenvalue weighted by Crippen LogP contribution is 2.44. The maximum atomic E-state index is 11.4. The molecule has 0 atom stereocenters. The maximum absolute atomic E-state index is 11.4. The Morgan fingerprint density at radius 3 is 2.28 bits per heavy atom. The first-order valence-electron chi connectivity index (χ1n) is 8.11. The summed E-state index contributed by atoms with van der Waals surface area (Å²) in [6.07, 6.45) is 5.84. The van der Waals surface area contributed by atoms with Crippen LogP contribution < -0.4 is 16.6 Å². The highest BCUT2D eigenvalue weighted by Gasteiger charge is 2.39. The molecule has 2 aromatic rings. The number of hydrogen-bond acceptors (Lipinski definition) is 5. The first kappa shape index (κ1) is 19.4. The van der Waals surface area contributed by atoms with Crippen molar-refractivity contribution >= 4 is 35.1 Å². The Kier molecular flexibility index (Phi) is 6.58. The zero-order chi connectivity index (χ0) is 18.4. The molecule has 4 N–H and O–H groups in total. The highest BCUT2D eigenvalue weighted by molar-refractivity contribution is 6.42. The molecule has 1 aliphatic carbocycles. The van der Waals surface area contributed by atoms with Crippen LogP contribution in [0.5, 0.6) is 0 Å². The minimum Gasteiger partial charge on any atom is -0.345 e. The quantitative estimate of drug-likeness (QED) is 0.424. The standard InChI is InChI=1S/C15H15Cl2N5O.C2H6/c16-11-3-2-10(6-12(11)17)15(4-1-5-15)21-14-19-7-9(8-20-14)13(23)22-18;1-2/h2-3,6-8H,1,4-5,18H2,(H,22,23)(H,19,20,21);1-2H3. The number of anilines is 1. The van der Waals surface area contributed by atoms with Gasteiger partial charge in [-0.25, -0.2) is 15.8 Å². The third-order valence-corrected chi connectivity index (χ3v) is 4.81. The summed E-state index contributed by atoms with van der Waals surface area (Å²) >= 11 is 12.1. The fraction of sp³-hybridized carbons (Fsp3) is 0.353. The minimum atomic E-state index is -0.431. The van der Waals surface area contributed by atoms with E-state index in [0.717, 1.165) is 24.8 Å². The molecule has 3 rings (SSSR count). The Morgan fingerprint density at radius 2 is 1.80 bits per heavy atom. The zero-order valence-electron chi connectivity index (χ0n) is 14.1. The number of nitrogen functional groups attached to an aromatic ring is 1. The van der Waals surface area contributed by atoms with E-state index in [0.29, 0.717) is 21.6 Å². The van der Waals surface area contributed by atoms with Crippen molar-refractivity contribution in [2.75, 3.05) is 5.32 Å². The lowest BCUT2D eigenvalue weighted by Crippen LogP contribution is -2.42. The van der Waals surface area contributed by atoms with Gasteiger partial charge in [0, 0.05) is 12.4 Å². The SMILES string of the molecule is CC.NNC(=O)c1cnc(NC2(c3ccc(Cl)c(Cl)c3)CCC2)nc1. The molecule has 25 heavy (non-hydrogen) atoms. The van der Waals surface area contributed by atoms with Crippen molar-refractivity contribution < 1.29 is 4.79 Å². The molecule has 6 nitrogen and oxygen atoms in total. The molecule has 1 aromatic heterocycles. The largest absolute Gasteiger partial charge is 0.345 e. The van der Waals surface area contributed by atoms with Gasteiger partial charge in [0.05, 0.1) is 21.1 Å². The molecule has 0 unspecified atom stereocenters. The molecule has 1 amide bonds. The van der Waals surface area contributed by atoms with E-state index in [1.165, 1.54) is 12.4 Å². The van der Waals surface area contributed by atoms with E-state index in [1.807, 2.05) is 31.4 Å². The van der Waals surface area contributed by atoms with Crippen LogP contribution in [0.3, 0.4) is 0 Å². The second-order valence-electron chi connectivity index (χ2n) is 5.46. The molecule has 134 valence electrons. The molecule has 0 aliphatic heterocycles. The van der Waals surface area contributed by atoms with E-state index in [1.54, 1.807) is 6.07 Å². The molecular formula is C17H21Cl2N5O. The number of carbonyl (C=O) groups is 1. The summed E-state index contributed by atoms with van der Waals surface area (Å²) in [5.41, 5.74) is 3.13. The number of rotatable bonds is 4. The van der Waals surface area contributed by atoms with Crippen LogP contribution >= 0.6 is 23.2 Å². The number of nitrogens with two attached hydrogens (primary N) is 1. The lowest BCUT2D eigenvalue weighted by Gasteiger charge is -2.43. The topological polar surface area (TPSA) is 92.9 Å². The fourth-order valence-electron chi connectivity index (χ4n) is 2.62.